The highest BCUT2D eigenvalue weighted by Gasteiger charge is 2.09. The van der Waals surface area contributed by atoms with Crippen molar-refractivity contribution >= 4 is 23.1 Å². The number of nitrogens with one attached hydrogen (secondary N) is 2. The Hall–Kier alpha value is -3.09. The lowest BCUT2D eigenvalue weighted by Crippen LogP contribution is -2.05. The molecule has 134 valence electrons. The zero-order chi connectivity index (χ0) is 18.5. The molecule has 0 unspecified atom stereocenters. The minimum absolute atomic E-state index is 0.188. The van der Waals surface area contributed by atoms with Crippen molar-refractivity contribution in [3.05, 3.63) is 65.4 Å². The molecule has 0 aliphatic rings. The number of halogens is 2. The number of hydrogen-bond acceptors (Lipinski definition) is 5. The SMILES string of the molecule is CCc1cccc(CC)c1Nc1cnnc(Nc2ccc(F)c(F)c2)n1. The van der Waals surface area contributed by atoms with Gasteiger partial charge in [0.25, 0.3) is 0 Å². The molecule has 1 aromatic heterocycles. The molecule has 0 atom stereocenters. The van der Waals surface area contributed by atoms with Crippen molar-refractivity contribution < 1.29 is 8.78 Å². The standard InChI is InChI=1S/C19H19F2N5/c1-3-12-6-5-7-13(4-2)18(12)24-17-11-22-26-19(25-17)23-14-8-9-15(20)16(21)10-14/h5-11H,3-4H2,1-2H3,(H2,23,24,25,26). The summed E-state index contributed by atoms with van der Waals surface area (Å²) >= 11 is 0. The smallest absolute Gasteiger partial charge is 0.249 e. The van der Waals surface area contributed by atoms with Gasteiger partial charge in [-0.1, -0.05) is 32.0 Å². The predicted octanol–water partition coefficient (Wildman–Crippen LogP) is 4.76. The van der Waals surface area contributed by atoms with Crippen LogP contribution >= 0.6 is 0 Å². The van der Waals surface area contributed by atoms with Gasteiger partial charge in [0.05, 0.1) is 6.20 Å². The average Bonchev–Trinajstić information content (AvgIpc) is 2.65. The molecule has 26 heavy (non-hydrogen) atoms. The quantitative estimate of drug-likeness (QED) is 0.667. The summed E-state index contributed by atoms with van der Waals surface area (Å²) in [4.78, 5) is 4.35. The van der Waals surface area contributed by atoms with Gasteiger partial charge in [0.1, 0.15) is 0 Å². The van der Waals surface area contributed by atoms with Crippen LogP contribution in [0.5, 0.6) is 0 Å². The van der Waals surface area contributed by atoms with Crippen molar-refractivity contribution in [1.29, 1.82) is 0 Å². The van der Waals surface area contributed by atoms with E-state index in [1.807, 2.05) is 6.07 Å². The van der Waals surface area contributed by atoms with Crippen LogP contribution in [-0.2, 0) is 12.8 Å². The molecular weight excluding hydrogens is 336 g/mol. The van der Waals surface area contributed by atoms with Crippen LogP contribution in [0, 0.1) is 11.6 Å². The van der Waals surface area contributed by atoms with Crippen LogP contribution in [0.25, 0.3) is 0 Å². The Morgan fingerprint density at radius 1 is 0.923 bits per heavy atom. The summed E-state index contributed by atoms with van der Waals surface area (Å²) in [5.41, 5.74) is 3.71. The van der Waals surface area contributed by atoms with Crippen molar-refractivity contribution in [1.82, 2.24) is 15.2 Å². The number of para-hydroxylation sites is 1. The van der Waals surface area contributed by atoms with Crippen molar-refractivity contribution in [2.75, 3.05) is 10.6 Å². The highest BCUT2D eigenvalue weighted by atomic mass is 19.2. The molecule has 0 amide bonds. The van der Waals surface area contributed by atoms with E-state index in [1.54, 1.807) is 0 Å². The van der Waals surface area contributed by atoms with E-state index < -0.39 is 11.6 Å². The topological polar surface area (TPSA) is 62.7 Å². The highest BCUT2D eigenvalue weighted by molar-refractivity contribution is 5.65. The van der Waals surface area contributed by atoms with Gasteiger partial charge in [-0.05, 0) is 36.1 Å². The number of benzene rings is 2. The van der Waals surface area contributed by atoms with Crippen LogP contribution in [-0.4, -0.2) is 15.2 Å². The summed E-state index contributed by atoms with van der Waals surface area (Å²) in [5, 5.41) is 13.9. The number of nitrogens with zero attached hydrogens (tertiary/aromatic N) is 3. The molecule has 3 rings (SSSR count). The fraction of sp³-hybridized carbons (Fsp3) is 0.211. The third kappa shape index (κ3) is 3.93. The summed E-state index contributed by atoms with van der Waals surface area (Å²) in [7, 11) is 0. The Balaban J connectivity index is 1.85. The van der Waals surface area contributed by atoms with E-state index in [2.05, 4.69) is 51.8 Å². The van der Waals surface area contributed by atoms with Gasteiger partial charge in [0, 0.05) is 17.4 Å². The lowest BCUT2D eigenvalue weighted by molar-refractivity contribution is 0.509. The number of aromatic nitrogens is 3. The molecule has 7 heteroatoms. The van der Waals surface area contributed by atoms with Crippen molar-refractivity contribution in [3.8, 4) is 0 Å². The van der Waals surface area contributed by atoms with Crippen LogP contribution in [0.15, 0.2) is 42.6 Å². The molecule has 0 radical (unpaired) electrons. The predicted molar refractivity (Wildman–Crippen MR) is 97.9 cm³/mol. The van der Waals surface area contributed by atoms with Gasteiger partial charge in [-0.3, -0.25) is 0 Å². The third-order valence-corrected chi connectivity index (χ3v) is 3.99. The fourth-order valence-corrected chi connectivity index (χ4v) is 2.65. The van der Waals surface area contributed by atoms with Gasteiger partial charge < -0.3 is 10.6 Å². The lowest BCUT2D eigenvalue weighted by Gasteiger charge is -2.15. The second-order valence-electron chi connectivity index (χ2n) is 5.70. The molecule has 2 N–H and O–H groups in total. The van der Waals surface area contributed by atoms with Crippen molar-refractivity contribution in [3.63, 3.8) is 0 Å². The van der Waals surface area contributed by atoms with Crippen LogP contribution in [0.1, 0.15) is 25.0 Å². The largest absolute Gasteiger partial charge is 0.338 e. The number of anilines is 4. The van der Waals surface area contributed by atoms with E-state index in [0.717, 1.165) is 30.7 Å². The Morgan fingerprint density at radius 3 is 2.31 bits per heavy atom. The molecular formula is C19H19F2N5. The summed E-state index contributed by atoms with van der Waals surface area (Å²) < 4.78 is 26.4. The molecule has 1 heterocycles. The van der Waals surface area contributed by atoms with Crippen molar-refractivity contribution in [2.45, 2.75) is 26.7 Å². The van der Waals surface area contributed by atoms with Gasteiger partial charge in [0.15, 0.2) is 17.5 Å². The van der Waals surface area contributed by atoms with Crippen LogP contribution in [0.2, 0.25) is 0 Å². The van der Waals surface area contributed by atoms with Gasteiger partial charge in [-0.15, -0.1) is 5.10 Å². The van der Waals surface area contributed by atoms with E-state index in [9.17, 15) is 8.78 Å². The maximum atomic E-state index is 13.3. The normalized spacial score (nSPS) is 10.6. The second kappa shape index (κ2) is 7.86. The zero-order valence-corrected chi connectivity index (χ0v) is 14.6. The van der Waals surface area contributed by atoms with Gasteiger partial charge in [-0.25, -0.2) is 8.78 Å². The monoisotopic (exact) mass is 355 g/mol. The minimum Gasteiger partial charge on any atom is -0.338 e. The highest BCUT2D eigenvalue weighted by Crippen LogP contribution is 2.26. The molecule has 5 nitrogen and oxygen atoms in total. The first-order valence-corrected chi connectivity index (χ1v) is 8.40. The van der Waals surface area contributed by atoms with Crippen molar-refractivity contribution in [2.24, 2.45) is 0 Å². The number of rotatable bonds is 6. The van der Waals surface area contributed by atoms with E-state index >= 15 is 0 Å². The molecule has 0 spiro atoms. The first-order chi connectivity index (χ1) is 12.6. The summed E-state index contributed by atoms with van der Waals surface area (Å²) in [6.45, 7) is 4.18. The zero-order valence-electron chi connectivity index (χ0n) is 14.6. The van der Waals surface area contributed by atoms with Gasteiger partial charge in [0.2, 0.25) is 5.95 Å². The fourth-order valence-electron chi connectivity index (χ4n) is 2.65. The molecule has 3 aromatic rings. The lowest BCUT2D eigenvalue weighted by atomic mass is 10.0. The molecule has 0 aliphatic carbocycles. The van der Waals surface area contributed by atoms with Gasteiger partial charge in [-0.2, -0.15) is 10.1 Å². The Morgan fingerprint density at radius 2 is 1.65 bits per heavy atom. The first kappa shape index (κ1) is 17.7. The van der Waals surface area contributed by atoms with Crippen LogP contribution in [0.3, 0.4) is 0 Å². The Labute approximate surface area is 150 Å². The first-order valence-electron chi connectivity index (χ1n) is 8.40. The second-order valence-corrected chi connectivity index (χ2v) is 5.70. The molecule has 0 bridgehead atoms. The van der Waals surface area contributed by atoms with E-state index in [0.29, 0.717) is 11.5 Å². The Bertz CT molecular complexity index is 892. The third-order valence-electron chi connectivity index (χ3n) is 3.99. The van der Waals surface area contributed by atoms with Crippen LogP contribution in [0.4, 0.5) is 31.9 Å². The van der Waals surface area contributed by atoms with E-state index in [4.69, 9.17) is 0 Å². The number of aryl methyl sites for hydroxylation is 2. The average molecular weight is 355 g/mol. The van der Waals surface area contributed by atoms with E-state index in [1.165, 1.54) is 23.4 Å². The molecule has 0 aliphatic heterocycles. The van der Waals surface area contributed by atoms with Crippen LogP contribution < -0.4 is 10.6 Å². The molecule has 0 fully saturated rings. The maximum Gasteiger partial charge on any atom is 0.249 e. The van der Waals surface area contributed by atoms with E-state index in [-0.39, 0.29) is 5.95 Å². The number of hydrogen-bond donors (Lipinski definition) is 2. The minimum atomic E-state index is -0.943. The van der Waals surface area contributed by atoms with Gasteiger partial charge >= 0.3 is 0 Å². The summed E-state index contributed by atoms with van der Waals surface area (Å²) in [6.07, 6.45) is 3.28. The Kier molecular flexibility index (Phi) is 5.36. The summed E-state index contributed by atoms with van der Waals surface area (Å²) in [6, 6.07) is 9.66. The molecule has 0 saturated heterocycles. The molecule has 0 saturated carbocycles. The molecule has 2 aromatic carbocycles. The maximum absolute atomic E-state index is 13.3. The summed E-state index contributed by atoms with van der Waals surface area (Å²) in [5.74, 6) is -1.15.